The summed E-state index contributed by atoms with van der Waals surface area (Å²) < 4.78 is 22.1. The SMILES string of the molecule is CC(C)(C)C(O[Si](c1ccccc1)c1ccccc1)c1nccn1CC(=O)c1ccc(F)cc1. The van der Waals surface area contributed by atoms with Crippen LogP contribution in [-0.4, -0.2) is 24.4 Å². The molecule has 4 rings (SSSR count). The summed E-state index contributed by atoms with van der Waals surface area (Å²) in [6.07, 6.45) is 3.15. The van der Waals surface area contributed by atoms with Crippen molar-refractivity contribution in [3.8, 4) is 0 Å². The minimum atomic E-state index is -1.59. The van der Waals surface area contributed by atoms with Crippen molar-refractivity contribution in [1.82, 2.24) is 9.55 Å². The molecule has 3 aromatic carbocycles. The zero-order chi connectivity index (χ0) is 24.1. The predicted molar refractivity (Wildman–Crippen MR) is 134 cm³/mol. The molecule has 0 spiro atoms. The molecule has 0 saturated carbocycles. The molecule has 0 N–H and O–H groups in total. The molecule has 6 heteroatoms. The quantitative estimate of drug-likeness (QED) is 0.274. The van der Waals surface area contributed by atoms with E-state index in [-0.39, 0.29) is 29.7 Å². The fourth-order valence-electron chi connectivity index (χ4n) is 3.79. The van der Waals surface area contributed by atoms with Crippen molar-refractivity contribution in [2.75, 3.05) is 0 Å². The number of hydrogen-bond acceptors (Lipinski definition) is 3. The van der Waals surface area contributed by atoms with E-state index < -0.39 is 9.04 Å². The second kappa shape index (κ2) is 10.3. The van der Waals surface area contributed by atoms with Gasteiger partial charge in [0.1, 0.15) is 17.7 Å². The molecule has 34 heavy (non-hydrogen) atoms. The van der Waals surface area contributed by atoms with E-state index in [1.54, 1.807) is 12.4 Å². The molecule has 1 atom stereocenters. The third-order valence-corrected chi connectivity index (χ3v) is 7.74. The molecule has 4 aromatic rings. The van der Waals surface area contributed by atoms with E-state index in [0.29, 0.717) is 11.4 Å². The number of carbonyl (C=O) groups excluding carboxylic acids is 1. The number of benzene rings is 3. The van der Waals surface area contributed by atoms with Gasteiger partial charge in [-0.25, -0.2) is 9.37 Å². The highest BCUT2D eigenvalue weighted by Crippen LogP contribution is 2.36. The van der Waals surface area contributed by atoms with Crippen LogP contribution in [0.5, 0.6) is 0 Å². The Bertz CT molecular complexity index is 1180. The van der Waals surface area contributed by atoms with Gasteiger partial charge in [-0.3, -0.25) is 4.79 Å². The highest BCUT2D eigenvalue weighted by Gasteiger charge is 2.35. The Morgan fingerprint density at radius 1 is 0.941 bits per heavy atom. The number of aromatic nitrogens is 2. The van der Waals surface area contributed by atoms with Crippen molar-refractivity contribution in [3.63, 3.8) is 0 Å². The van der Waals surface area contributed by atoms with E-state index >= 15 is 0 Å². The molecule has 1 aromatic heterocycles. The van der Waals surface area contributed by atoms with Crippen LogP contribution in [0.3, 0.4) is 0 Å². The minimum Gasteiger partial charge on any atom is -0.396 e. The van der Waals surface area contributed by atoms with Gasteiger partial charge in [-0.15, -0.1) is 0 Å². The average Bonchev–Trinajstić information content (AvgIpc) is 3.27. The van der Waals surface area contributed by atoms with Crippen molar-refractivity contribution in [3.05, 3.63) is 115 Å². The number of nitrogens with zero attached hydrogens (tertiary/aromatic N) is 2. The van der Waals surface area contributed by atoms with Gasteiger partial charge in [-0.1, -0.05) is 81.4 Å². The van der Waals surface area contributed by atoms with Crippen LogP contribution in [0.25, 0.3) is 0 Å². The first-order chi connectivity index (χ1) is 16.3. The van der Waals surface area contributed by atoms with Gasteiger partial charge in [0.2, 0.25) is 0 Å². The second-order valence-corrected chi connectivity index (χ2v) is 11.3. The van der Waals surface area contributed by atoms with Crippen LogP contribution in [0.15, 0.2) is 97.3 Å². The van der Waals surface area contributed by atoms with Gasteiger partial charge < -0.3 is 8.99 Å². The maximum Gasteiger partial charge on any atom is 0.283 e. The van der Waals surface area contributed by atoms with E-state index in [0.717, 1.165) is 10.4 Å². The molecule has 0 fully saturated rings. The topological polar surface area (TPSA) is 44.1 Å². The van der Waals surface area contributed by atoms with Gasteiger partial charge in [0.15, 0.2) is 5.78 Å². The number of carbonyl (C=O) groups is 1. The monoisotopic (exact) mass is 471 g/mol. The van der Waals surface area contributed by atoms with Gasteiger partial charge in [0, 0.05) is 18.0 Å². The smallest absolute Gasteiger partial charge is 0.283 e. The molecular formula is C28H28FN2O2Si. The number of Topliss-reactive ketones (excluding diaryl/α,β-unsaturated/α-hetero) is 1. The molecule has 1 radical (unpaired) electrons. The van der Waals surface area contributed by atoms with E-state index in [1.807, 2.05) is 41.0 Å². The first-order valence-corrected chi connectivity index (χ1v) is 12.7. The summed E-state index contributed by atoms with van der Waals surface area (Å²) in [5.74, 6) is 0.235. The number of imidazole rings is 1. The average molecular weight is 472 g/mol. The van der Waals surface area contributed by atoms with Crippen molar-refractivity contribution in [1.29, 1.82) is 0 Å². The summed E-state index contributed by atoms with van der Waals surface area (Å²) in [7, 11) is -1.59. The van der Waals surface area contributed by atoms with Crippen molar-refractivity contribution >= 4 is 25.2 Å². The van der Waals surface area contributed by atoms with Gasteiger partial charge in [0.25, 0.3) is 9.04 Å². The highest BCUT2D eigenvalue weighted by molar-refractivity contribution is 6.80. The van der Waals surface area contributed by atoms with Crippen molar-refractivity contribution < 1.29 is 13.6 Å². The molecule has 0 aliphatic carbocycles. The number of halogens is 1. The molecular weight excluding hydrogens is 443 g/mol. The summed E-state index contributed by atoms with van der Waals surface area (Å²) >= 11 is 0. The summed E-state index contributed by atoms with van der Waals surface area (Å²) in [6.45, 7) is 6.46. The zero-order valence-corrected chi connectivity index (χ0v) is 20.6. The molecule has 0 aliphatic heterocycles. The van der Waals surface area contributed by atoms with E-state index in [1.165, 1.54) is 24.3 Å². The minimum absolute atomic E-state index is 0.107. The zero-order valence-electron chi connectivity index (χ0n) is 19.6. The standard InChI is InChI=1S/C28H28FN2O2Si/c1-28(2,3)26(33-34(23-10-6-4-7-11-23)24-12-8-5-9-13-24)27-30-18-19-31(27)20-25(32)21-14-16-22(29)17-15-21/h4-19,26H,20H2,1-3H3. The molecule has 173 valence electrons. The fourth-order valence-corrected chi connectivity index (χ4v) is 6.08. The van der Waals surface area contributed by atoms with Crippen molar-refractivity contribution in [2.24, 2.45) is 5.41 Å². The lowest BCUT2D eigenvalue weighted by molar-refractivity contribution is 0.0764. The third-order valence-electron chi connectivity index (χ3n) is 5.56. The number of hydrogen-bond donors (Lipinski definition) is 0. The van der Waals surface area contributed by atoms with Crippen LogP contribution in [0, 0.1) is 11.2 Å². The Hall–Kier alpha value is -3.35. The molecule has 4 nitrogen and oxygen atoms in total. The van der Waals surface area contributed by atoms with Crippen LogP contribution >= 0.6 is 0 Å². The number of rotatable bonds is 8. The van der Waals surface area contributed by atoms with Gasteiger partial charge in [-0.05, 0) is 40.1 Å². The van der Waals surface area contributed by atoms with Crippen LogP contribution in [-0.2, 0) is 11.0 Å². The first-order valence-electron chi connectivity index (χ1n) is 11.3. The lowest BCUT2D eigenvalue weighted by atomic mass is 9.88. The van der Waals surface area contributed by atoms with Crippen LogP contribution < -0.4 is 10.4 Å². The normalized spacial score (nSPS) is 12.6. The maximum absolute atomic E-state index is 13.3. The Kier molecular flexibility index (Phi) is 7.19. The predicted octanol–water partition coefficient (Wildman–Crippen LogP) is 4.81. The lowest BCUT2D eigenvalue weighted by Crippen LogP contribution is -2.47. The van der Waals surface area contributed by atoms with Crippen LogP contribution in [0.2, 0.25) is 0 Å². The fraction of sp³-hybridized carbons (Fsp3) is 0.214. The Labute approximate surface area is 201 Å². The largest absolute Gasteiger partial charge is 0.396 e. The maximum atomic E-state index is 13.3. The van der Waals surface area contributed by atoms with Gasteiger partial charge in [0.05, 0.1) is 6.54 Å². The Morgan fingerprint density at radius 2 is 1.50 bits per heavy atom. The van der Waals surface area contributed by atoms with Crippen molar-refractivity contribution in [2.45, 2.75) is 33.4 Å². The highest BCUT2D eigenvalue weighted by atomic mass is 28.3. The van der Waals surface area contributed by atoms with Crippen LogP contribution in [0.1, 0.15) is 43.1 Å². The summed E-state index contributed by atoms with van der Waals surface area (Å²) in [6, 6.07) is 26.2. The molecule has 1 unspecified atom stereocenters. The molecule has 0 aliphatic rings. The lowest BCUT2D eigenvalue weighted by Gasteiger charge is -2.33. The van der Waals surface area contributed by atoms with E-state index in [2.05, 4.69) is 50.0 Å². The van der Waals surface area contributed by atoms with E-state index in [4.69, 9.17) is 4.43 Å². The van der Waals surface area contributed by atoms with Gasteiger partial charge in [-0.2, -0.15) is 0 Å². The summed E-state index contributed by atoms with van der Waals surface area (Å²) in [5.41, 5.74) is 0.189. The van der Waals surface area contributed by atoms with E-state index in [9.17, 15) is 9.18 Å². The molecule has 1 heterocycles. The Balaban J connectivity index is 1.67. The number of ketones is 1. The summed E-state index contributed by atoms with van der Waals surface area (Å²) in [4.78, 5) is 17.5. The van der Waals surface area contributed by atoms with Crippen LogP contribution in [0.4, 0.5) is 4.39 Å². The molecule has 0 saturated heterocycles. The van der Waals surface area contributed by atoms with Gasteiger partial charge >= 0.3 is 0 Å². The molecule has 0 amide bonds. The Morgan fingerprint density at radius 3 is 2.03 bits per heavy atom. The second-order valence-electron chi connectivity index (χ2n) is 9.27. The third kappa shape index (κ3) is 5.58. The summed E-state index contributed by atoms with van der Waals surface area (Å²) in [5, 5.41) is 2.29. The molecule has 0 bridgehead atoms. The first kappa shape index (κ1) is 23.8.